The molecule has 0 aliphatic carbocycles. The molecule has 168 valence electrons. The van der Waals surface area contributed by atoms with Crippen molar-refractivity contribution in [3.63, 3.8) is 0 Å². The zero-order valence-electron chi connectivity index (χ0n) is 18.9. The summed E-state index contributed by atoms with van der Waals surface area (Å²) in [5.74, 6) is 0.0859. The molecule has 1 N–H and O–H groups in total. The summed E-state index contributed by atoms with van der Waals surface area (Å²) in [6.07, 6.45) is 1.35. The number of amides is 2. The first-order chi connectivity index (χ1) is 14.8. The van der Waals surface area contributed by atoms with E-state index in [0.29, 0.717) is 24.3 Å². The van der Waals surface area contributed by atoms with Gasteiger partial charge in [0.2, 0.25) is 11.8 Å². The Morgan fingerprint density at radius 1 is 1.06 bits per heavy atom. The highest BCUT2D eigenvalue weighted by Crippen LogP contribution is 2.19. The van der Waals surface area contributed by atoms with Gasteiger partial charge in [-0.2, -0.15) is 0 Å². The van der Waals surface area contributed by atoms with Gasteiger partial charge in [0.15, 0.2) is 0 Å². The second kappa shape index (κ2) is 12.5. The summed E-state index contributed by atoms with van der Waals surface area (Å²) in [5.41, 5.74) is 2.70. The highest BCUT2D eigenvalue weighted by Gasteiger charge is 2.29. The van der Waals surface area contributed by atoms with Crippen LogP contribution in [0.15, 0.2) is 48.5 Å². The molecule has 0 unspecified atom stereocenters. The van der Waals surface area contributed by atoms with Gasteiger partial charge in [-0.25, -0.2) is 4.39 Å². The van der Waals surface area contributed by atoms with Crippen molar-refractivity contribution in [2.75, 3.05) is 5.75 Å². The quantitative estimate of drug-likeness (QED) is 0.525. The number of hydrogen-bond donors (Lipinski definition) is 1. The Labute approximate surface area is 189 Å². The van der Waals surface area contributed by atoms with Gasteiger partial charge in [0.1, 0.15) is 11.9 Å². The number of nitrogens with zero attached hydrogens (tertiary/aromatic N) is 1. The molecule has 0 aromatic heterocycles. The summed E-state index contributed by atoms with van der Waals surface area (Å²) >= 11 is 1.37. The molecule has 2 atom stereocenters. The van der Waals surface area contributed by atoms with E-state index in [1.807, 2.05) is 52.0 Å². The van der Waals surface area contributed by atoms with Crippen molar-refractivity contribution in [3.8, 4) is 0 Å². The second-order valence-electron chi connectivity index (χ2n) is 7.83. The average Bonchev–Trinajstić information content (AvgIpc) is 2.76. The van der Waals surface area contributed by atoms with Crippen LogP contribution in [0.5, 0.6) is 0 Å². The van der Waals surface area contributed by atoms with Crippen LogP contribution in [0, 0.1) is 12.7 Å². The predicted molar refractivity (Wildman–Crippen MR) is 126 cm³/mol. The number of rotatable bonds is 11. The number of hydrogen-bond acceptors (Lipinski definition) is 3. The first-order valence-corrected chi connectivity index (χ1v) is 12.0. The molecule has 0 fully saturated rings. The smallest absolute Gasteiger partial charge is 0.243 e. The number of carbonyl (C=O) groups is 2. The zero-order valence-corrected chi connectivity index (χ0v) is 19.7. The number of carbonyl (C=O) groups excluding carboxylic acids is 2. The lowest BCUT2D eigenvalue weighted by Gasteiger charge is -2.31. The van der Waals surface area contributed by atoms with E-state index in [2.05, 4.69) is 5.32 Å². The minimum Gasteiger partial charge on any atom is -0.352 e. The van der Waals surface area contributed by atoms with E-state index in [1.165, 1.54) is 17.8 Å². The summed E-state index contributed by atoms with van der Waals surface area (Å²) in [4.78, 5) is 27.8. The van der Waals surface area contributed by atoms with Crippen molar-refractivity contribution in [3.05, 3.63) is 71.0 Å². The van der Waals surface area contributed by atoms with Crippen LogP contribution in [-0.4, -0.2) is 34.6 Å². The second-order valence-corrected chi connectivity index (χ2v) is 8.82. The number of nitrogens with one attached hydrogen (secondary N) is 1. The van der Waals surface area contributed by atoms with Gasteiger partial charge < -0.3 is 10.2 Å². The van der Waals surface area contributed by atoms with Gasteiger partial charge in [0.05, 0.1) is 5.75 Å². The van der Waals surface area contributed by atoms with E-state index in [9.17, 15) is 14.0 Å². The molecule has 0 aliphatic rings. The maximum absolute atomic E-state index is 13.9. The average molecular weight is 445 g/mol. The molecule has 0 saturated heterocycles. The minimum absolute atomic E-state index is 0.0494. The number of benzene rings is 2. The monoisotopic (exact) mass is 444 g/mol. The minimum atomic E-state index is -0.545. The van der Waals surface area contributed by atoms with Gasteiger partial charge in [-0.3, -0.25) is 9.59 Å². The number of thioether (sulfide) groups is 1. The Kier molecular flexibility index (Phi) is 10.0. The van der Waals surface area contributed by atoms with E-state index in [-0.39, 0.29) is 29.4 Å². The van der Waals surface area contributed by atoms with Gasteiger partial charge >= 0.3 is 0 Å². The molecule has 4 nitrogen and oxygen atoms in total. The van der Waals surface area contributed by atoms with Crippen LogP contribution in [-0.2, 0) is 21.9 Å². The molecule has 2 amide bonds. The molecule has 6 heteroatoms. The van der Waals surface area contributed by atoms with E-state index in [1.54, 1.807) is 23.1 Å². The number of aryl methyl sites for hydroxylation is 1. The van der Waals surface area contributed by atoms with E-state index in [4.69, 9.17) is 0 Å². The standard InChI is InChI=1S/C25H33FN2O2S/c1-5-19(4)27-25(30)23(6-2)28(15-20-13-11-18(3)12-14-20)24(29)17-31-16-21-9-7-8-10-22(21)26/h7-14,19,23H,5-6,15-17H2,1-4H3,(H,27,30)/t19-,23-/m1/s1. The molecule has 0 heterocycles. The van der Waals surface area contributed by atoms with Crippen molar-refractivity contribution in [1.29, 1.82) is 0 Å². The maximum atomic E-state index is 13.9. The molecular weight excluding hydrogens is 411 g/mol. The molecule has 0 spiro atoms. The van der Waals surface area contributed by atoms with Crippen molar-refractivity contribution < 1.29 is 14.0 Å². The largest absolute Gasteiger partial charge is 0.352 e. The van der Waals surface area contributed by atoms with Crippen LogP contribution < -0.4 is 5.32 Å². The van der Waals surface area contributed by atoms with Crippen molar-refractivity contribution in [1.82, 2.24) is 10.2 Å². The van der Waals surface area contributed by atoms with Crippen LogP contribution in [0.2, 0.25) is 0 Å². The Hall–Kier alpha value is -2.34. The summed E-state index contributed by atoms with van der Waals surface area (Å²) in [5, 5.41) is 3.01. The Morgan fingerprint density at radius 2 is 1.74 bits per heavy atom. The van der Waals surface area contributed by atoms with Crippen LogP contribution in [0.1, 0.15) is 50.3 Å². The first kappa shape index (κ1) is 24.9. The summed E-state index contributed by atoms with van der Waals surface area (Å²) in [6.45, 7) is 8.27. The molecule has 2 rings (SSSR count). The molecule has 2 aromatic rings. The molecule has 0 bridgehead atoms. The van der Waals surface area contributed by atoms with Crippen LogP contribution in [0.3, 0.4) is 0 Å². The SMILES string of the molecule is CC[C@@H](C)NC(=O)[C@@H](CC)N(Cc1ccc(C)cc1)C(=O)CSCc1ccccc1F. The lowest BCUT2D eigenvalue weighted by atomic mass is 10.1. The van der Waals surface area contributed by atoms with E-state index >= 15 is 0 Å². The van der Waals surface area contributed by atoms with Crippen molar-refractivity contribution >= 4 is 23.6 Å². The van der Waals surface area contributed by atoms with Crippen molar-refractivity contribution in [2.45, 2.75) is 64.9 Å². The fraction of sp³-hybridized carbons (Fsp3) is 0.440. The lowest BCUT2D eigenvalue weighted by molar-refractivity contribution is -0.139. The maximum Gasteiger partial charge on any atom is 0.243 e. The summed E-state index contributed by atoms with van der Waals surface area (Å²) < 4.78 is 13.9. The molecule has 0 aliphatic heterocycles. The zero-order chi connectivity index (χ0) is 22.8. The third kappa shape index (κ3) is 7.69. The summed E-state index contributed by atoms with van der Waals surface area (Å²) in [6, 6.07) is 14.1. The Bertz CT molecular complexity index is 857. The van der Waals surface area contributed by atoms with Gasteiger partial charge in [-0.05, 0) is 43.9 Å². The van der Waals surface area contributed by atoms with Gasteiger partial charge in [0.25, 0.3) is 0 Å². The van der Waals surface area contributed by atoms with Crippen LogP contribution >= 0.6 is 11.8 Å². The Balaban J connectivity index is 2.14. The highest BCUT2D eigenvalue weighted by atomic mass is 32.2. The summed E-state index contributed by atoms with van der Waals surface area (Å²) in [7, 11) is 0. The molecule has 2 aromatic carbocycles. The third-order valence-corrected chi connectivity index (χ3v) is 6.27. The molecule has 0 saturated carbocycles. The molecule has 0 radical (unpaired) electrons. The van der Waals surface area contributed by atoms with E-state index < -0.39 is 6.04 Å². The Morgan fingerprint density at radius 3 is 2.35 bits per heavy atom. The molecular formula is C25H33FN2O2S. The van der Waals surface area contributed by atoms with Crippen LogP contribution in [0.4, 0.5) is 4.39 Å². The molecule has 31 heavy (non-hydrogen) atoms. The first-order valence-electron chi connectivity index (χ1n) is 10.8. The van der Waals surface area contributed by atoms with Gasteiger partial charge in [-0.1, -0.05) is 61.9 Å². The lowest BCUT2D eigenvalue weighted by Crippen LogP contribution is -2.51. The predicted octanol–water partition coefficient (Wildman–Crippen LogP) is 5.09. The third-order valence-electron chi connectivity index (χ3n) is 5.30. The van der Waals surface area contributed by atoms with Crippen LogP contribution in [0.25, 0.3) is 0 Å². The van der Waals surface area contributed by atoms with Crippen molar-refractivity contribution in [2.24, 2.45) is 0 Å². The topological polar surface area (TPSA) is 49.4 Å². The van der Waals surface area contributed by atoms with Gasteiger partial charge in [-0.15, -0.1) is 11.8 Å². The normalized spacial score (nSPS) is 12.8. The highest BCUT2D eigenvalue weighted by molar-refractivity contribution is 7.99. The van der Waals surface area contributed by atoms with Gasteiger partial charge in [0, 0.05) is 18.3 Å². The van der Waals surface area contributed by atoms with E-state index in [0.717, 1.165) is 17.5 Å². The fourth-order valence-corrected chi connectivity index (χ4v) is 4.09. The fourth-order valence-electron chi connectivity index (χ4n) is 3.20. The number of halogens is 1.